The highest BCUT2D eigenvalue weighted by atomic mass is 79.9. The zero-order valence-electron chi connectivity index (χ0n) is 10.8. The predicted octanol–water partition coefficient (Wildman–Crippen LogP) is 5.10. The minimum Gasteiger partial charge on any atom is -0.157 e. The van der Waals surface area contributed by atoms with Crippen LogP contribution in [0.4, 0.5) is 0 Å². The SMILES string of the molecule is Cc1cc(C)cc(CSCC2(CBr)CCC2)c1. The molecule has 1 aliphatic carbocycles. The normalized spacial score (nSPS) is 17.8. The highest BCUT2D eigenvalue weighted by Gasteiger charge is 2.35. The molecule has 94 valence electrons. The Balaban J connectivity index is 1.85. The number of hydrogen-bond donors (Lipinski definition) is 0. The average Bonchev–Trinajstić information content (AvgIpc) is 2.20. The summed E-state index contributed by atoms with van der Waals surface area (Å²) in [7, 11) is 0. The van der Waals surface area contributed by atoms with Crippen LogP contribution in [-0.4, -0.2) is 11.1 Å². The molecule has 0 aromatic heterocycles. The molecule has 1 fully saturated rings. The lowest BCUT2D eigenvalue weighted by molar-refractivity contribution is 0.206. The molecule has 1 aliphatic rings. The molecular formula is C15H21BrS. The van der Waals surface area contributed by atoms with E-state index in [1.54, 1.807) is 0 Å². The molecule has 0 amide bonds. The topological polar surface area (TPSA) is 0 Å². The molecule has 0 N–H and O–H groups in total. The second kappa shape index (κ2) is 5.79. The largest absolute Gasteiger partial charge is 0.157 e. The first-order valence-corrected chi connectivity index (χ1v) is 8.62. The third kappa shape index (κ3) is 3.51. The van der Waals surface area contributed by atoms with Gasteiger partial charge in [-0.3, -0.25) is 0 Å². The van der Waals surface area contributed by atoms with E-state index in [0.29, 0.717) is 5.41 Å². The van der Waals surface area contributed by atoms with Crippen molar-refractivity contribution >= 4 is 27.7 Å². The number of alkyl halides is 1. The maximum atomic E-state index is 3.68. The first-order valence-electron chi connectivity index (χ1n) is 6.34. The van der Waals surface area contributed by atoms with Crippen LogP contribution in [0.3, 0.4) is 0 Å². The zero-order chi connectivity index (χ0) is 12.3. The second-order valence-electron chi connectivity index (χ2n) is 5.48. The summed E-state index contributed by atoms with van der Waals surface area (Å²) in [4.78, 5) is 0. The summed E-state index contributed by atoms with van der Waals surface area (Å²) in [6, 6.07) is 6.89. The Labute approximate surface area is 118 Å². The zero-order valence-corrected chi connectivity index (χ0v) is 13.2. The lowest BCUT2D eigenvalue weighted by Crippen LogP contribution is -2.33. The summed E-state index contributed by atoms with van der Waals surface area (Å²) in [5.74, 6) is 2.47. The van der Waals surface area contributed by atoms with E-state index >= 15 is 0 Å². The van der Waals surface area contributed by atoms with Crippen molar-refractivity contribution in [2.45, 2.75) is 38.9 Å². The summed E-state index contributed by atoms with van der Waals surface area (Å²) < 4.78 is 0. The van der Waals surface area contributed by atoms with Crippen molar-refractivity contribution in [2.75, 3.05) is 11.1 Å². The van der Waals surface area contributed by atoms with Crippen molar-refractivity contribution in [1.29, 1.82) is 0 Å². The monoisotopic (exact) mass is 312 g/mol. The Bertz CT molecular complexity index is 357. The van der Waals surface area contributed by atoms with E-state index in [-0.39, 0.29) is 0 Å². The molecular weight excluding hydrogens is 292 g/mol. The Morgan fingerprint density at radius 3 is 2.29 bits per heavy atom. The van der Waals surface area contributed by atoms with Crippen molar-refractivity contribution in [3.63, 3.8) is 0 Å². The molecule has 0 atom stereocenters. The average molecular weight is 313 g/mol. The molecule has 0 unspecified atom stereocenters. The smallest absolute Gasteiger partial charge is 0.0184 e. The fourth-order valence-electron chi connectivity index (χ4n) is 2.53. The lowest BCUT2D eigenvalue weighted by atomic mass is 9.72. The predicted molar refractivity (Wildman–Crippen MR) is 82.2 cm³/mol. The van der Waals surface area contributed by atoms with Crippen LogP contribution < -0.4 is 0 Å². The summed E-state index contributed by atoms with van der Waals surface area (Å²) in [5.41, 5.74) is 4.87. The van der Waals surface area contributed by atoms with Crippen LogP contribution in [0.25, 0.3) is 0 Å². The van der Waals surface area contributed by atoms with Crippen molar-refractivity contribution < 1.29 is 0 Å². The molecule has 0 saturated heterocycles. The molecule has 1 aromatic carbocycles. The third-order valence-corrected chi connectivity index (χ3v) is 6.20. The molecule has 0 bridgehead atoms. The van der Waals surface area contributed by atoms with Crippen LogP contribution in [0.1, 0.15) is 36.0 Å². The standard InChI is InChI=1S/C15H21BrS/c1-12-6-13(2)8-14(7-12)9-17-11-15(10-16)4-3-5-15/h6-8H,3-5,9-11H2,1-2H3. The molecule has 0 nitrogen and oxygen atoms in total. The van der Waals surface area contributed by atoms with Crippen LogP contribution in [0.2, 0.25) is 0 Å². The number of rotatable bonds is 5. The van der Waals surface area contributed by atoms with Gasteiger partial charge in [0.05, 0.1) is 0 Å². The van der Waals surface area contributed by atoms with Gasteiger partial charge in [0, 0.05) is 16.8 Å². The van der Waals surface area contributed by atoms with E-state index in [9.17, 15) is 0 Å². The minimum atomic E-state index is 0.615. The minimum absolute atomic E-state index is 0.615. The van der Waals surface area contributed by atoms with Crippen molar-refractivity contribution in [3.8, 4) is 0 Å². The molecule has 0 spiro atoms. The fraction of sp³-hybridized carbons (Fsp3) is 0.600. The van der Waals surface area contributed by atoms with Crippen LogP contribution in [0, 0.1) is 19.3 Å². The van der Waals surface area contributed by atoms with E-state index in [4.69, 9.17) is 0 Å². The molecule has 0 heterocycles. The highest BCUT2D eigenvalue weighted by Crippen LogP contribution is 2.45. The van der Waals surface area contributed by atoms with Gasteiger partial charge in [-0.15, -0.1) is 0 Å². The molecule has 2 heteroatoms. The summed E-state index contributed by atoms with van der Waals surface area (Å²) in [6.45, 7) is 4.38. The molecule has 0 aliphatic heterocycles. The van der Waals surface area contributed by atoms with E-state index < -0.39 is 0 Å². The highest BCUT2D eigenvalue weighted by molar-refractivity contribution is 9.09. The van der Waals surface area contributed by atoms with Crippen molar-refractivity contribution in [2.24, 2.45) is 5.41 Å². The van der Waals surface area contributed by atoms with E-state index in [1.165, 1.54) is 47.0 Å². The number of aryl methyl sites for hydroxylation is 2. The summed E-state index contributed by atoms with van der Waals surface area (Å²) in [6.07, 6.45) is 4.26. The number of benzene rings is 1. The van der Waals surface area contributed by atoms with Gasteiger partial charge in [0.25, 0.3) is 0 Å². The summed E-state index contributed by atoms with van der Waals surface area (Å²) >= 11 is 5.78. The second-order valence-corrected chi connectivity index (χ2v) is 7.02. The maximum absolute atomic E-state index is 3.68. The maximum Gasteiger partial charge on any atom is 0.0184 e. The van der Waals surface area contributed by atoms with Gasteiger partial charge in [-0.1, -0.05) is 51.7 Å². The van der Waals surface area contributed by atoms with Gasteiger partial charge < -0.3 is 0 Å². The molecule has 1 aromatic rings. The fourth-order valence-corrected chi connectivity index (χ4v) is 4.88. The Kier molecular flexibility index (Phi) is 4.59. The number of thioether (sulfide) groups is 1. The van der Waals surface area contributed by atoms with Crippen LogP contribution in [-0.2, 0) is 5.75 Å². The Hall–Kier alpha value is 0.0500. The Morgan fingerprint density at radius 2 is 1.82 bits per heavy atom. The van der Waals surface area contributed by atoms with Crippen LogP contribution >= 0.6 is 27.7 Å². The van der Waals surface area contributed by atoms with Crippen molar-refractivity contribution in [1.82, 2.24) is 0 Å². The Morgan fingerprint density at radius 1 is 1.18 bits per heavy atom. The molecule has 1 saturated carbocycles. The molecule has 2 rings (SSSR count). The van der Waals surface area contributed by atoms with E-state index in [2.05, 4.69) is 59.7 Å². The molecule has 17 heavy (non-hydrogen) atoms. The quantitative estimate of drug-likeness (QED) is 0.681. The third-order valence-electron chi connectivity index (χ3n) is 3.66. The first kappa shape index (κ1) is 13.5. The van der Waals surface area contributed by atoms with E-state index in [0.717, 1.165) is 5.75 Å². The van der Waals surface area contributed by atoms with Crippen LogP contribution in [0.15, 0.2) is 18.2 Å². The van der Waals surface area contributed by atoms with Gasteiger partial charge in [0.2, 0.25) is 0 Å². The van der Waals surface area contributed by atoms with Gasteiger partial charge in [-0.2, -0.15) is 11.8 Å². The van der Waals surface area contributed by atoms with Crippen LogP contribution in [0.5, 0.6) is 0 Å². The van der Waals surface area contributed by atoms with E-state index in [1.807, 2.05) is 0 Å². The van der Waals surface area contributed by atoms with Gasteiger partial charge in [0.15, 0.2) is 0 Å². The van der Waals surface area contributed by atoms with Gasteiger partial charge in [-0.05, 0) is 37.7 Å². The summed E-state index contributed by atoms with van der Waals surface area (Å²) in [5, 5.41) is 1.18. The number of halogens is 1. The van der Waals surface area contributed by atoms with Gasteiger partial charge >= 0.3 is 0 Å². The van der Waals surface area contributed by atoms with Gasteiger partial charge in [-0.25, -0.2) is 0 Å². The lowest BCUT2D eigenvalue weighted by Gasteiger charge is -2.40. The molecule has 0 radical (unpaired) electrons. The number of hydrogen-bond acceptors (Lipinski definition) is 1. The first-order chi connectivity index (χ1) is 8.13. The van der Waals surface area contributed by atoms with Crippen molar-refractivity contribution in [3.05, 3.63) is 34.9 Å². The van der Waals surface area contributed by atoms with Gasteiger partial charge in [0.1, 0.15) is 0 Å².